The minimum atomic E-state index is -3.77. The molecule has 0 fully saturated rings. The summed E-state index contributed by atoms with van der Waals surface area (Å²) >= 11 is 0. The maximum Gasteiger partial charge on any atom is 0.335 e. The number of carboxylic acid groups (broad SMARTS) is 1. The lowest BCUT2D eigenvalue weighted by Crippen LogP contribution is -2.14. The maximum atomic E-state index is 12.6. The first-order valence-corrected chi connectivity index (χ1v) is 10.3. The van der Waals surface area contributed by atoms with E-state index in [0.29, 0.717) is 5.56 Å². The molecule has 0 aliphatic heterocycles. The molecule has 0 aliphatic rings. The van der Waals surface area contributed by atoms with E-state index in [2.05, 4.69) is 11.6 Å². The van der Waals surface area contributed by atoms with Crippen LogP contribution in [0.4, 0.5) is 5.69 Å². The van der Waals surface area contributed by atoms with Crippen LogP contribution in [0, 0.1) is 6.92 Å². The third kappa shape index (κ3) is 5.33. The van der Waals surface area contributed by atoms with Gasteiger partial charge in [-0.25, -0.2) is 13.2 Å². The Morgan fingerprint density at radius 1 is 1.04 bits per heavy atom. The number of sulfonamides is 1. The molecule has 2 aromatic carbocycles. The number of benzene rings is 2. The van der Waals surface area contributed by atoms with E-state index in [0.717, 1.165) is 18.4 Å². The summed E-state index contributed by atoms with van der Waals surface area (Å²) in [5.41, 5.74) is 2.08. The van der Waals surface area contributed by atoms with Gasteiger partial charge in [0.1, 0.15) is 0 Å². The van der Waals surface area contributed by atoms with Crippen molar-refractivity contribution in [3.05, 3.63) is 59.2 Å². The molecular formula is C20H25NO4S. The highest BCUT2D eigenvalue weighted by Gasteiger charge is 2.16. The van der Waals surface area contributed by atoms with Gasteiger partial charge in [0.2, 0.25) is 0 Å². The predicted molar refractivity (Wildman–Crippen MR) is 103 cm³/mol. The van der Waals surface area contributed by atoms with E-state index in [4.69, 9.17) is 5.11 Å². The molecule has 0 unspecified atom stereocenters. The molecule has 6 heteroatoms. The Balaban J connectivity index is 2.13. The first-order chi connectivity index (χ1) is 12.3. The largest absolute Gasteiger partial charge is 0.478 e. The fourth-order valence-electron chi connectivity index (χ4n) is 2.66. The highest BCUT2D eigenvalue weighted by Crippen LogP contribution is 2.22. The van der Waals surface area contributed by atoms with Crippen LogP contribution in [0.5, 0.6) is 0 Å². The van der Waals surface area contributed by atoms with Crippen molar-refractivity contribution in [3.63, 3.8) is 0 Å². The minimum absolute atomic E-state index is 0.0377. The number of hydrogen-bond donors (Lipinski definition) is 2. The first kappa shape index (κ1) is 20.0. The number of nitrogens with one attached hydrogen (secondary N) is 1. The van der Waals surface area contributed by atoms with Gasteiger partial charge in [-0.15, -0.1) is 0 Å². The number of hydrogen-bond acceptors (Lipinski definition) is 3. The SMILES string of the molecule is CCCCCCc1ccc(S(=O)(=O)Nc2cc(C(=O)O)ccc2C)cc1. The average Bonchev–Trinajstić information content (AvgIpc) is 2.60. The lowest BCUT2D eigenvalue weighted by molar-refractivity contribution is 0.0697. The van der Waals surface area contributed by atoms with Gasteiger partial charge in [-0.1, -0.05) is 44.4 Å². The third-order valence-electron chi connectivity index (χ3n) is 4.28. The van der Waals surface area contributed by atoms with Crippen LogP contribution in [0.1, 0.15) is 54.1 Å². The average molecular weight is 375 g/mol. The van der Waals surface area contributed by atoms with Crippen LogP contribution in [0.3, 0.4) is 0 Å². The van der Waals surface area contributed by atoms with Crippen molar-refractivity contribution in [2.24, 2.45) is 0 Å². The Morgan fingerprint density at radius 3 is 2.35 bits per heavy atom. The van der Waals surface area contributed by atoms with Crippen molar-refractivity contribution in [3.8, 4) is 0 Å². The summed E-state index contributed by atoms with van der Waals surface area (Å²) in [5.74, 6) is -1.10. The molecule has 0 spiro atoms. The zero-order valence-corrected chi connectivity index (χ0v) is 16.0. The van der Waals surface area contributed by atoms with Crippen molar-refractivity contribution >= 4 is 21.7 Å². The molecule has 0 bridgehead atoms. The number of aryl methyl sites for hydroxylation is 2. The molecule has 0 saturated carbocycles. The standard InChI is InChI=1S/C20H25NO4S/c1-3-4-5-6-7-16-9-12-18(13-10-16)26(24,25)21-19-14-17(20(22)23)11-8-15(19)2/h8-14,21H,3-7H2,1-2H3,(H,22,23). The fourth-order valence-corrected chi connectivity index (χ4v) is 3.78. The molecule has 0 atom stereocenters. The van der Waals surface area contributed by atoms with E-state index >= 15 is 0 Å². The van der Waals surface area contributed by atoms with Gasteiger partial charge in [0.05, 0.1) is 16.1 Å². The van der Waals surface area contributed by atoms with Crippen LogP contribution in [0.25, 0.3) is 0 Å². The van der Waals surface area contributed by atoms with E-state index in [1.54, 1.807) is 25.1 Å². The highest BCUT2D eigenvalue weighted by molar-refractivity contribution is 7.92. The number of carbonyl (C=O) groups is 1. The molecule has 2 aromatic rings. The second-order valence-electron chi connectivity index (χ2n) is 6.39. The summed E-state index contributed by atoms with van der Waals surface area (Å²) in [5, 5.41) is 9.07. The third-order valence-corrected chi connectivity index (χ3v) is 5.66. The Hall–Kier alpha value is -2.34. The van der Waals surface area contributed by atoms with Gasteiger partial charge < -0.3 is 5.11 Å². The summed E-state index contributed by atoms with van der Waals surface area (Å²) in [6, 6.07) is 11.2. The zero-order valence-electron chi connectivity index (χ0n) is 15.2. The van der Waals surface area contributed by atoms with E-state index in [-0.39, 0.29) is 16.1 Å². The van der Waals surface area contributed by atoms with Gasteiger partial charge in [-0.2, -0.15) is 0 Å². The molecule has 0 aromatic heterocycles. The summed E-state index contributed by atoms with van der Waals surface area (Å²) in [6.07, 6.45) is 5.61. The zero-order chi connectivity index (χ0) is 19.2. The number of anilines is 1. The Bertz CT molecular complexity index is 858. The molecule has 26 heavy (non-hydrogen) atoms. The predicted octanol–water partition coefficient (Wildman–Crippen LogP) is 4.62. The van der Waals surface area contributed by atoms with Crippen LogP contribution in [-0.4, -0.2) is 19.5 Å². The van der Waals surface area contributed by atoms with Gasteiger partial charge >= 0.3 is 5.97 Å². The molecule has 2 N–H and O–H groups in total. The van der Waals surface area contributed by atoms with E-state index < -0.39 is 16.0 Å². The molecule has 0 aliphatic carbocycles. The molecule has 2 rings (SSSR count). The number of rotatable bonds is 9. The fraction of sp³-hybridized carbons (Fsp3) is 0.350. The van der Waals surface area contributed by atoms with Crippen LogP contribution in [0.2, 0.25) is 0 Å². The number of aromatic carboxylic acids is 1. The summed E-state index contributed by atoms with van der Waals surface area (Å²) in [6.45, 7) is 3.89. The van der Waals surface area contributed by atoms with Gasteiger partial charge in [0.15, 0.2) is 0 Å². The van der Waals surface area contributed by atoms with Crippen LogP contribution in [0.15, 0.2) is 47.4 Å². The summed E-state index contributed by atoms with van der Waals surface area (Å²) < 4.78 is 27.7. The van der Waals surface area contributed by atoms with Crippen molar-refractivity contribution in [1.29, 1.82) is 0 Å². The molecular weight excluding hydrogens is 350 g/mol. The summed E-state index contributed by atoms with van der Waals surface area (Å²) in [7, 11) is -3.77. The smallest absolute Gasteiger partial charge is 0.335 e. The second-order valence-corrected chi connectivity index (χ2v) is 8.08. The van der Waals surface area contributed by atoms with Gasteiger partial charge in [0, 0.05) is 0 Å². The normalized spacial score (nSPS) is 11.3. The molecule has 0 radical (unpaired) electrons. The topological polar surface area (TPSA) is 83.5 Å². The number of unbranched alkanes of at least 4 members (excludes halogenated alkanes) is 3. The van der Waals surface area contributed by atoms with Gasteiger partial charge in [0.25, 0.3) is 10.0 Å². The Morgan fingerprint density at radius 2 is 1.73 bits per heavy atom. The monoisotopic (exact) mass is 375 g/mol. The van der Waals surface area contributed by atoms with Crippen LogP contribution in [-0.2, 0) is 16.4 Å². The van der Waals surface area contributed by atoms with Crippen molar-refractivity contribution in [2.45, 2.75) is 50.8 Å². The van der Waals surface area contributed by atoms with E-state index in [9.17, 15) is 13.2 Å². The minimum Gasteiger partial charge on any atom is -0.478 e. The van der Waals surface area contributed by atoms with Gasteiger partial charge in [-0.05, 0) is 55.2 Å². The Labute approximate surface area is 155 Å². The van der Waals surface area contributed by atoms with Crippen molar-refractivity contribution in [1.82, 2.24) is 0 Å². The maximum absolute atomic E-state index is 12.6. The van der Waals surface area contributed by atoms with Gasteiger partial charge in [-0.3, -0.25) is 4.72 Å². The molecule has 0 amide bonds. The first-order valence-electron chi connectivity index (χ1n) is 8.79. The molecule has 5 nitrogen and oxygen atoms in total. The summed E-state index contributed by atoms with van der Waals surface area (Å²) in [4.78, 5) is 11.2. The van der Waals surface area contributed by atoms with E-state index in [1.807, 2.05) is 12.1 Å². The van der Waals surface area contributed by atoms with E-state index in [1.165, 1.54) is 31.4 Å². The van der Waals surface area contributed by atoms with Crippen molar-refractivity contribution in [2.75, 3.05) is 4.72 Å². The quantitative estimate of drug-likeness (QED) is 0.627. The lowest BCUT2D eigenvalue weighted by Gasteiger charge is -2.12. The van der Waals surface area contributed by atoms with Crippen LogP contribution < -0.4 is 4.72 Å². The second kappa shape index (κ2) is 8.85. The van der Waals surface area contributed by atoms with Crippen molar-refractivity contribution < 1.29 is 18.3 Å². The number of carboxylic acids is 1. The lowest BCUT2D eigenvalue weighted by atomic mass is 10.1. The van der Waals surface area contributed by atoms with Crippen LogP contribution >= 0.6 is 0 Å². The molecule has 140 valence electrons. The molecule has 0 heterocycles. The Kier molecular flexibility index (Phi) is 6.80. The highest BCUT2D eigenvalue weighted by atomic mass is 32.2. The molecule has 0 saturated heterocycles.